The lowest BCUT2D eigenvalue weighted by atomic mass is 10.0. The molecular weight excluding hydrogens is 336 g/mol. The molecule has 112 valence electrons. The summed E-state index contributed by atoms with van der Waals surface area (Å²) in [5, 5.41) is 20.7. The molecule has 0 aliphatic rings. The fourth-order valence-corrected chi connectivity index (χ4v) is 2.84. The Balaban J connectivity index is 2.27. The van der Waals surface area contributed by atoms with Crippen LogP contribution in [-0.2, 0) is 11.3 Å². The third-order valence-corrected chi connectivity index (χ3v) is 3.76. The van der Waals surface area contributed by atoms with E-state index in [1.54, 1.807) is 4.68 Å². The van der Waals surface area contributed by atoms with Gasteiger partial charge in [0.05, 0.1) is 0 Å². The van der Waals surface area contributed by atoms with Gasteiger partial charge in [-0.2, -0.15) is 0 Å². The molecular formula is C14H17BrN4O2. The molecule has 1 atom stereocenters. The Morgan fingerprint density at radius 1 is 1.43 bits per heavy atom. The SMILES string of the molecule is CCC(CC(=O)O)Cn1nnnc1-c1cc(C)cc(Br)c1. The molecule has 0 spiro atoms. The number of carboxylic acid groups (broad SMARTS) is 1. The molecule has 0 aliphatic heterocycles. The Bertz CT molecular complexity index is 621. The monoisotopic (exact) mass is 352 g/mol. The molecule has 1 unspecified atom stereocenters. The summed E-state index contributed by atoms with van der Waals surface area (Å²) in [6.45, 7) is 4.47. The first kappa shape index (κ1) is 15.6. The van der Waals surface area contributed by atoms with Gasteiger partial charge in [-0.15, -0.1) is 5.10 Å². The lowest BCUT2D eigenvalue weighted by Gasteiger charge is -2.13. The van der Waals surface area contributed by atoms with Crippen molar-refractivity contribution < 1.29 is 9.90 Å². The van der Waals surface area contributed by atoms with Crippen molar-refractivity contribution in [1.82, 2.24) is 20.2 Å². The van der Waals surface area contributed by atoms with Gasteiger partial charge in [0.1, 0.15) is 0 Å². The topological polar surface area (TPSA) is 80.9 Å². The quantitative estimate of drug-likeness (QED) is 0.864. The average Bonchev–Trinajstić information content (AvgIpc) is 2.84. The van der Waals surface area contributed by atoms with Crippen molar-refractivity contribution in [2.75, 3.05) is 0 Å². The van der Waals surface area contributed by atoms with Crippen LogP contribution in [0.3, 0.4) is 0 Å². The van der Waals surface area contributed by atoms with Crippen LogP contribution in [0.2, 0.25) is 0 Å². The van der Waals surface area contributed by atoms with Crippen LogP contribution in [0.15, 0.2) is 22.7 Å². The zero-order valence-electron chi connectivity index (χ0n) is 12.0. The molecule has 0 amide bonds. The first-order valence-corrected chi connectivity index (χ1v) is 7.54. The molecule has 1 heterocycles. The second-order valence-electron chi connectivity index (χ2n) is 5.07. The van der Waals surface area contributed by atoms with Gasteiger partial charge in [-0.1, -0.05) is 29.3 Å². The van der Waals surface area contributed by atoms with E-state index in [0.717, 1.165) is 22.0 Å². The number of aliphatic carboxylic acids is 1. The zero-order chi connectivity index (χ0) is 15.4. The van der Waals surface area contributed by atoms with E-state index in [1.807, 2.05) is 32.0 Å². The van der Waals surface area contributed by atoms with Crippen molar-refractivity contribution in [2.24, 2.45) is 5.92 Å². The van der Waals surface area contributed by atoms with Crippen LogP contribution in [0.4, 0.5) is 0 Å². The Labute approximate surface area is 131 Å². The minimum Gasteiger partial charge on any atom is -0.481 e. The van der Waals surface area contributed by atoms with Gasteiger partial charge in [0.15, 0.2) is 5.82 Å². The number of benzene rings is 1. The van der Waals surface area contributed by atoms with Gasteiger partial charge >= 0.3 is 5.97 Å². The summed E-state index contributed by atoms with van der Waals surface area (Å²) in [7, 11) is 0. The van der Waals surface area contributed by atoms with E-state index in [9.17, 15) is 4.79 Å². The zero-order valence-corrected chi connectivity index (χ0v) is 13.5. The Hall–Kier alpha value is -1.76. The third-order valence-electron chi connectivity index (χ3n) is 3.30. The number of rotatable bonds is 6. The molecule has 0 fully saturated rings. The number of nitrogens with zero attached hydrogens (tertiary/aromatic N) is 4. The largest absolute Gasteiger partial charge is 0.481 e. The van der Waals surface area contributed by atoms with Crippen LogP contribution in [0, 0.1) is 12.8 Å². The predicted molar refractivity (Wildman–Crippen MR) is 81.7 cm³/mol. The molecule has 2 rings (SSSR count). The van der Waals surface area contributed by atoms with Crippen LogP contribution in [0.5, 0.6) is 0 Å². The lowest BCUT2D eigenvalue weighted by Crippen LogP contribution is -2.16. The number of tetrazole rings is 1. The summed E-state index contributed by atoms with van der Waals surface area (Å²) in [5.74, 6) is -0.129. The summed E-state index contributed by atoms with van der Waals surface area (Å²) >= 11 is 3.46. The standard InChI is InChI=1S/C14H17BrN4O2/c1-3-10(6-13(20)21)8-19-14(16-17-18-19)11-4-9(2)5-12(15)7-11/h4-5,7,10H,3,6,8H2,1-2H3,(H,20,21). The summed E-state index contributed by atoms with van der Waals surface area (Å²) in [6, 6.07) is 5.97. The maximum atomic E-state index is 10.9. The van der Waals surface area contributed by atoms with E-state index < -0.39 is 5.97 Å². The Morgan fingerprint density at radius 2 is 2.19 bits per heavy atom. The van der Waals surface area contributed by atoms with Crippen LogP contribution in [0.25, 0.3) is 11.4 Å². The van der Waals surface area contributed by atoms with E-state index in [0.29, 0.717) is 12.4 Å². The van der Waals surface area contributed by atoms with Crippen molar-refractivity contribution in [3.05, 3.63) is 28.2 Å². The van der Waals surface area contributed by atoms with Gasteiger partial charge in [-0.25, -0.2) is 4.68 Å². The van der Waals surface area contributed by atoms with E-state index in [-0.39, 0.29) is 12.3 Å². The normalized spacial score (nSPS) is 12.3. The lowest BCUT2D eigenvalue weighted by molar-refractivity contribution is -0.138. The minimum absolute atomic E-state index is 0.0120. The molecule has 0 bridgehead atoms. The molecule has 1 aromatic heterocycles. The van der Waals surface area contributed by atoms with Crippen molar-refractivity contribution >= 4 is 21.9 Å². The number of hydrogen-bond donors (Lipinski definition) is 1. The van der Waals surface area contributed by atoms with E-state index in [4.69, 9.17) is 5.11 Å². The van der Waals surface area contributed by atoms with Crippen LogP contribution < -0.4 is 0 Å². The van der Waals surface area contributed by atoms with Crippen molar-refractivity contribution in [1.29, 1.82) is 0 Å². The molecule has 0 radical (unpaired) electrons. The highest BCUT2D eigenvalue weighted by Gasteiger charge is 2.16. The fraction of sp³-hybridized carbons (Fsp3) is 0.429. The molecule has 0 saturated carbocycles. The smallest absolute Gasteiger partial charge is 0.303 e. The molecule has 0 aliphatic carbocycles. The summed E-state index contributed by atoms with van der Waals surface area (Å²) < 4.78 is 2.64. The fourth-order valence-electron chi connectivity index (χ4n) is 2.23. The second-order valence-corrected chi connectivity index (χ2v) is 5.99. The molecule has 6 nitrogen and oxygen atoms in total. The summed E-state index contributed by atoms with van der Waals surface area (Å²) in [6.07, 6.45) is 0.885. The molecule has 1 N–H and O–H groups in total. The van der Waals surface area contributed by atoms with Gasteiger partial charge in [-0.05, 0) is 47.0 Å². The molecule has 2 aromatic rings. The summed E-state index contributed by atoms with van der Waals surface area (Å²) in [4.78, 5) is 10.9. The van der Waals surface area contributed by atoms with Gasteiger partial charge in [0, 0.05) is 23.0 Å². The van der Waals surface area contributed by atoms with E-state index in [1.165, 1.54) is 0 Å². The van der Waals surface area contributed by atoms with E-state index >= 15 is 0 Å². The highest BCUT2D eigenvalue weighted by Crippen LogP contribution is 2.24. The van der Waals surface area contributed by atoms with Gasteiger partial charge < -0.3 is 5.11 Å². The first-order valence-electron chi connectivity index (χ1n) is 6.75. The van der Waals surface area contributed by atoms with E-state index in [2.05, 4.69) is 31.5 Å². The number of carbonyl (C=O) groups is 1. The van der Waals surface area contributed by atoms with Crippen LogP contribution in [0.1, 0.15) is 25.3 Å². The number of aryl methyl sites for hydroxylation is 1. The van der Waals surface area contributed by atoms with Crippen molar-refractivity contribution in [3.63, 3.8) is 0 Å². The highest BCUT2D eigenvalue weighted by molar-refractivity contribution is 9.10. The first-order chi connectivity index (χ1) is 9.99. The average molecular weight is 353 g/mol. The third kappa shape index (κ3) is 4.10. The number of halogens is 1. The van der Waals surface area contributed by atoms with Gasteiger partial charge in [0.25, 0.3) is 0 Å². The Kier molecular flexibility index (Phi) is 5.06. The maximum Gasteiger partial charge on any atom is 0.303 e. The summed E-state index contributed by atoms with van der Waals surface area (Å²) in [5.41, 5.74) is 2.02. The molecule has 7 heteroatoms. The molecule has 0 saturated heterocycles. The van der Waals surface area contributed by atoms with Crippen molar-refractivity contribution in [2.45, 2.75) is 33.2 Å². The second kappa shape index (κ2) is 6.80. The highest BCUT2D eigenvalue weighted by atomic mass is 79.9. The minimum atomic E-state index is -0.797. The van der Waals surface area contributed by atoms with Crippen LogP contribution >= 0.6 is 15.9 Å². The maximum absolute atomic E-state index is 10.9. The Morgan fingerprint density at radius 3 is 2.81 bits per heavy atom. The van der Waals surface area contributed by atoms with Gasteiger partial charge in [0.2, 0.25) is 0 Å². The van der Waals surface area contributed by atoms with Crippen LogP contribution in [-0.4, -0.2) is 31.3 Å². The number of hydrogen-bond acceptors (Lipinski definition) is 4. The number of carboxylic acids is 1. The van der Waals surface area contributed by atoms with Gasteiger partial charge in [-0.3, -0.25) is 4.79 Å². The molecule has 1 aromatic carbocycles. The number of aromatic nitrogens is 4. The van der Waals surface area contributed by atoms with Crippen molar-refractivity contribution in [3.8, 4) is 11.4 Å². The molecule has 21 heavy (non-hydrogen) atoms. The predicted octanol–water partition coefficient (Wildman–Crippen LogP) is 2.91.